The smallest absolute Gasteiger partial charge is 0.163 e. The van der Waals surface area contributed by atoms with Crippen molar-refractivity contribution < 1.29 is 13.9 Å². The number of aryl methyl sites for hydroxylation is 2. The second-order valence-corrected chi connectivity index (χ2v) is 5.13. The Labute approximate surface area is 124 Å². The van der Waals surface area contributed by atoms with Crippen molar-refractivity contribution in [2.24, 2.45) is 5.73 Å². The van der Waals surface area contributed by atoms with Gasteiger partial charge in [0.15, 0.2) is 11.5 Å². The van der Waals surface area contributed by atoms with Crippen molar-refractivity contribution in [1.82, 2.24) is 0 Å². The molecule has 0 bridgehead atoms. The maximum Gasteiger partial charge on any atom is 0.163 e. The largest absolute Gasteiger partial charge is 0.493 e. The molecule has 0 fully saturated rings. The van der Waals surface area contributed by atoms with E-state index in [-0.39, 0.29) is 0 Å². The number of hydrogen-bond donors (Lipinski definition) is 1. The van der Waals surface area contributed by atoms with E-state index in [4.69, 9.17) is 15.2 Å². The highest BCUT2D eigenvalue weighted by molar-refractivity contribution is 5.47. The van der Waals surface area contributed by atoms with Crippen molar-refractivity contribution in [3.63, 3.8) is 0 Å². The van der Waals surface area contributed by atoms with Crippen LogP contribution in [0.5, 0.6) is 11.5 Å². The monoisotopic (exact) mass is 289 g/mol. The van der Waals surface area contributed by atoms with Gasteiger partial charge in [-0.05, 0) is 25.5 Å². The summed E-state index contributed by atoms with van der Waals surface area (Å²) < 4.78 is 24.6. The minimum Gasteiger partial charge on any atom is -0.493 e. The summed E-state index contributed by atoms with van der Waals surface area (Å²) in [6, 6.07) is 8.33. The van der Waals surface area contributed by atoms with Crippen molar-refractivity contribution in [2.45, 2.75) is 19.9 Å². The van der Waals surface area contributed by atoms with Gasteiger partial charge in [-0.2, -0.15) is 0 Å². The Morgan fingerprint density at radius 3 is 1.95 bits per heavy atom. The third-order valence-electron chi connectivity index (χ3n) is 3.44. The molecule has 0 aromatic heterocycles. The van der Waals surface area contributed by atoms with E-state index in [0.717, 1.165) is 16.7 Å². The number of halogens is 1. The van der Waals surface area contributed by atoms with Crippen LogP contribution >= 0.6 is 0 Å². The van der Waals surface area contributed by atoms with E-state index in [2.05, 4.69) is 6.07 Å². The van der Waals surface area contributed by atoms with Crippen molar-refractivity contribution in [3.8, 4) is 11.5 Å². The van der Waals surface area contributed by atoms with Crippen LogP contribution in [0, 0.1) is 19.7 Å². The molecule has 2 aromatic rings. The standard InChI is InChI=1S/C17H20FNO2/c1-10-5-11(2)7-12(6-10)17(19)13-8-15(20-3)16(21-4)9-14(13)18/h5-9,17H,19H2,1-4H3. The third-order valence-corrected chi connectivity index (χ3v) is 3.44. The Morgan fingerprint density at radius 1 is 0.905 bits per heavy atom. The van der Waals surface area contributed by atoms with Crippen LogP contribution < -0.4 is 15.2 Å². The molecule has 0 radical (unpaired) electrons. The summed E-state index contributed by atoms with van der Waals surface area (Å²) in [6.45, 7) is 3.99. The molecule has 2 N–H and O–H groups in total. The first-order valence-corrected chi connectivity index (χ1v) is 6.71. The fourth-order valence-corrected chi connectivity index (χ4v) is 2.48. The molecule has 1 unspecified atom stereocenters. The second-order valence-electron chi connectivity index (χ2n) is 5.13. The maximum atomic E-state index is 14.3. The van der Waals surface area contributed by atoms with Gasteiger partial charge in [0.2, 0.25) is 0 Å². The van der Waals surface area contributed by atoms with Gasteiger partial charge < -0.3 is 15.2 Å². The molecule has 112 valence electrons. The van der Waals surface area contributed by atoms with Gasteiger partial charge in [0.1, 0.15) is 5.82 Å². The molecule has 0 amide bonds. The van der Waals surface area contributed by atoms with Gasteiger partial charge in [-0.1, -0.05) is 29.3 Å². The summed E-state index contributed by atoms with van der Waals surface area (Å²) in [6.07, 6.45) is 0. The number of benzene rings is 2. The van der Waals surface area contributed by atoms with Gasteiger partial charge in [-0.25, -0.2) is 4.39 Å². The van der Waals surface area contributed by atoms with E-state index >= 15 is 0 Å². The maximum absolute atomic E-state index is 14.3. The van der Waals surface area contributed by atoms with Gasteiger partial charge in [0.25, 0.3) is 0 Å². The number of rotatable bonds is 4. The highest BCUT2D eigenvalue weighted by atomic mass is 19.1. The highest BCUT2D eigenvalue weighted by Gasteiger charge is 2.18. The first-order chi connectivity index (χ1) is 9.96. The zero-order valence-corrected chi connectivity index (χ0v) is 12.7. The lowest BCUT2D eigenvalue weighted by Crippen LogP contribution is -2.14. The number of ether oxygens (including phenoxy) is 2. The zero-order chi connectivity index (χ0) is 15.6. The Morgan fingerprint density at radius 2 is 1.43 bits per heavy atom. The van der Waals surface area contributed by atoms with E-state index < -0.39 is 11.9 Å². The molecule has 0 saturated carbocycles. The molecule has 0 aliphatic heterocycles. The van der Waals surface area contributed by atoms with Crippen LogP contribution in [0.3, 0.4) is 0 Å². The van der Waals surface area contributed by atoms with Crippen molar-refractivity contribution in [1.29, 1.82) is 0 Å². The van der Waals surface area contributed by atoms with Gasteiger partial charge in [0.05, 0.1) is 20.3 Å². The predicted octanol–water partition coefficient (Wildman–Crippen LogP) is 3.51. The van der Waals surface area contributed by atoms with Crippen molar-refractivity contribution in [3.05, 3.63) is 58.4 Å². The van der Waals surface area contributed by atoms with Crippen LogP contribution in [0.2, 0.25) is 0 Å². The summed E-state index contributed by atoms with van der Waals surface area (Å²) in [7, 11) is 2.99. The molecule has 2 aromatic carbocycles. The molecule has 0 spiro atoms. The minimum absolute atomic E-state index is 0.353. The van der Waals surface area contributed by atoms with Crippen LogP contribution in [0.4, 0.5) is 4.39 Å². The third kappa shape index (κ3) is 3.16. The van der Waals surface area contributed by atoms with Crippen LogP contribution in [-0.4, -0.2) is 14.2 Å². The van der Waals surface area contributed by atoms with Crippen LogP contribution in [0.25, 0.3) is 0 Å². The average molecular weight is 289 g/mol. The van der Waals surface area contributed by atoms with Crippen molar-refractivity contribution >= 4 is 0 Å². The molecule has 4 heteroatoms. The van der Waals surface area contributed by atoms with Crippen LogP contribution in [-0.2, 0) is 0 Å². The molecule has 1 atom stereocenters. The Hall–Kier alpha value is -2.07. The fraction of sp³-hybridized carbons (Fsp3) is 0.294. The van der Waals surface area contributed by atoms with E-state index in [0.29, 0.717) is 17.1 Å². The molecule has 3 nitrogen and oxygen atoms in total. The molecule has 0 heterocycles. The zero-order valence-electron chi connectivity index (χ0n) is 12.7. The summed E-state index contributed by atoms with van der Waals surface area (Å²) in [5.74, 6) is 0.416. The normalized spacial score (nSPS) is 12.1. The van der Waals surface area contributed by atoms with Crippen LogP contribution in [0.1, 0.15) is 28.3 Å². The van der Waals surface area contributed by atoms with E-state index in [1.54, 1.807) is 6.07 Å². The molecule has 0 saturated heterocycles. The van der Waals surface area contributed by atoms with Gasteiger partial charge in [0, 0.05) is 11.6 Å². The highest BCUT2D eigenvalue weighted by Crippen LogP contribution is 2.34. The Bertz CT molecular complexity index is 635. The molecule has 2 rings (SSSR count). The lowest BCUT2D eigenvalue weighted by Gasteiger charge is -2.17. The van der Waals surface area contributed by atoms with E-state index in [1.165, 1.54) is 20.3 Å². The first-order valence-electron chi connectivity index (χ1n) is 6.71. The lowest BCUT2D eigenvalue weighted by atomic mass is 9.95. The van der Waals surface area contributed by atoms with Gasteiger partial charge in [-0.15, -0.1) is 0 Å². The lowest BCUT2D eigenvalue weighted by molar-refractivity contribution is 0.351. The molecule has 0 aliphatic rings. The summed E-state index contributed by atoms with van der Waals surface area (Å²) in [5.41, 5.74) is 9.69. The fourth-order valence-electron chi connectivity index (χ4n) is 2.48. The molecular formula is C17H20FNO2. The minimum atomic E-state index is -0.552. The summed E-state index contributed by atoms with van der Waals surface area (Å²) in [5, 5.41) is 0. The Balaban J connectivity index is 2.49. The quantitative estimate of drug-likeness (QED) is 0.936. The number of methoxy groups -OCH3 is 2. The molecule has 0 aliphatic carbocycles. The molecule has 21 heavy (non-hydrogen) atoms. The van der Waals surface area contributed by atoms with Gasteiger partial charge in [-0.3, -0.25) is 0 Å². The van der Waals surface area contributed by atoms with Gasteiger partial charge >= 0.3 is 0 Å². The number of hydrogen-bond acceptors (Lipinski definition) is 3. The van der Waals surface area contributed by atoms with E-state index in [1.807, 2.05) is 26.0 Å². The second kappa shape index (κ2) is 6.14. The summed E-state index contributed by atoms with van der Waals surface area (Å²) in [4.78, 5) is 0. The predicted molar refractivity (Wildman–Crippen MR) is 81.5 cm³/mol. The van der Waals surface area contributed by atoms with E-state index in [9.17, 15) is 4.39 Å². The average Bonchev–Trinajstić information content (AvgIpc) is 2.45. The van der Waals surface area contributed by atoms with Crippen molar-refractivity contribution in [2.75, 3.05) is 14.2 Å². The molecular weight excluding hydrogens is 269 g/mol. The topological polar surface area (TPSA) is 44.5 Å². The number of nitrogens with two attached hydrogens (primary N) is 1. The summed E-state index contributed by atoms with van der Waals surface area (Å²) >= 11 is 0. The Kier molecular flexibility index (Phi) is 4.48. The SMILES string of the molecule is COc1cc(F)c(C(N)c2cc(C)cc(C)c2)cc1OC. The first kappa shape index (κ1) is 15.3. The van der Waals surface area contributed by atoms with Crippen LogP contribution in [0.15, 0.2) is 30.3 Å².